The monoisotopic (exact) mass is 285 g/mol. The van der Waals surface area contributed by atoms with Crippen LogP contribution in [0.3, 0.4) is 0 Å². The number of aromatic nitrogens is 2. The summed E-state index contributed by atoms with van der Waals surface area (Å²) in [5.74, 6) is 2.09. The molecule has 0 aliphatic carbocycles. The smallest absolute Gasteiger partial charge is 0.109 e. The second kappa shape index (κ2) is 5.82. The summed E-state index contributed by atoms with van der Waals surface area (Å²) in [6.07, 6.45) is 7.65. The van der Waals surface area contributed by atoms with Gasteiger partial charge in [0.2, 0.25) is 0 Å². The van der Waals surface area contributed by atoms with E-state index in [-0.39, 0.29) is 0 Å². The van der Waals surface area contributed by atoms with Crippen LogP contribution < -0.4 is 0 Å². The van der Waals surface area contributed by atoms with Gasteiger partial charge in [0, 0.05) is 37.7 Å². The molecule has 1 aliphatic heterocycles. The van der Waals surface area contributed by atoms with Gasteiger partial charge in [-0.25, -0.2) is 4.98 Å². The minimum Gasteiger partial charge on any atom is -0.338 e. The highest BCUT2D eigenvalue weighted by Crippen LogP contribution is 2.18. The SMILES string of the molecule is Cn1ccnc1CCN1CCC(CBr)CC1. The van der Waals surface area contributed by atoms with Gasteiger partial charge in [-0.3, -0.25) is 0 Å². The lowest BCUT2D eigenvalue weighted by atomic mass is 9.99. The Morgan fingerprint density at radius 2 is 2.19 bits per heavy atom. The molecule has 2 rings (SSSR count). The molecule has 1 aromatic heterocycles. The second-order valence-corrected chi connectivity index (χ2v) is 5.29. The van der Waals surface area contributed by atoms with E-state index in [0.717, 1.165) is 18.9 Å². The number of hydrogen-bond acceptors (Lipinski definition) is 2. The fourth-order valence-corrected chi connectivity index (χ4v) is 2.91. The first kappa shape index (κ1) is 12.1. The number of aryl methyl sites for hydroxylation is 1. The van der Waals surface area contributed by atoms with Crippen molar-refractivity contribution in [2.24, 2.45) is 13.0 Å². The molecule has 0 atom stereocenters. The second-order valence-electron chi connectivity index (χ2n) is 4.64. The molecule has 0 aromatic carbocycles. The Morgan fingerprint density at radius 3 is 2.75 bits per heavy atom. The van der Waals surface area contributed by atoms with E-state index < -0.39 is 0 Å². The summed E-state index contributed by atoms with van der Waals surface area (Å²) >= 11 is 3.58. The molecule has 1 fully saturated rings. The number of rotatable bonds is 4. The van der Waals surface area contributed by atoms with Crippen LogP contribution in [0.25, 0.3) is 0 Å². The van der Waals surface area contributed by atoms with E-state index >= 15 is 0 Å². The van der Waals surface area contributed by atoms with E-state index in [9.17, 15) is 0 Å². The molecule has 0 bridgehead atoms. The average molecular weight is 286 g/mol. The summed E-state index contributed by atoms with van der Waals surface area (Å²) in [5, 5.41) is 1.17. The van der Waals surface area contributed by atoms with E-state index in [1.165, 1.54) is 37.1 Å². The van der Waals surface area contributed by atoms with Gasteiger partial charge >= 0.3 is 0 Å². The van der Waals surface area contributed by atoms with Crippen LogP contribution in [0.1, 0.15) is 18.7 Å². The first-order valence-electron chi connectivity index (χ1n) is 6.04. The van der Waals surface area contributed by atoms with Crippen molar-refractivity contribution in [3.8, 4) is 0 Å². The molecule has 1 aliphatic rings. The molecule has 1 aromatic rings. The van der Waals surface area contributed by atoms with Crippen molar-refractivity contribution in [1.29, 1.82) is 0 Å². The summed E-state index contributed by atoms with van der Waals surface area (Å²) < 4.78 is 2.12. The maximum Gasteiger partial charge on any atom is 0.109 e. The van der Waals surface area contributed by atoms with E-state index in [0.29, 0.717) is 0 Å². The number of hydrogen-bond donors (Lipinski definition) is 0. The van der Waals surface area contributed by atoms with Gasteiger partial charge in [0.25, 0.3) is 0 Å². The average Bonchev–Trinajstić information content (AvgIpc) is 2.73. The molecule has 0 spiro atoms. The topological polar surface area (TPSA) is 21.1 Å². The fourth-order valence-electron chi connectivity index (χ4n) is 2.26. The summed E-state index contributed by atoms with van der Waals surface area (Å²) in [4.78, 5) is 6.92. The van der Waals surface area contributed by atoms with Gasteiger partial charge in [0.1, 0.15) is 5.82 Å². The summed E-state index contributed by atoms with van der Waals surface area (Å²) in [7, 11) is 2.07. The lowest BCUT2D eigenvalue weighted by Gasteiger charge is -2.30. The van der Waals surface area contributed by atoms with Crippen LogP contribution in [0.15, 0.2) is 12.4 Å². The van der Waals surface area contributed by atoms with Crippen LogP contribution in [-0.4, -0.2) is 39.4 Å². The standard InChI is InChI=1S/C12H20BrN3/c1-15-9-5-14-12(15)4-8-16-6-2-11(10-13)3-7-16/h5,9,11H,2-4,6-8,10H2,1H3. The maximum atomic E-state index is 4.36. The molecular formula is C12H20BrN3. The first-order chi connectivity index (χ1) is 7.79. The number of likely N-dealkylation sites (tertiary alicyclic amines) is 1. The third-order valence-corrected chi connectivity index (χ3v) is 4.41. The van der Waals surface area contributed by atoms with Crippen LogP contribution in [0.5, 0.6) is 0 Å². The Morgan fingerprint density at radius 1 is 1.44 bits per heavy atom. The Balaban J connectivity index is 1.73. The Kier molecular flexibility index (Phi) is 4.41. The largest absolute Gasteiger partial charge is 0.338 e. The third kappa shape index (κ3) is 3.08. The van der Waals surface area contributed by atoms with Crippen LogP contribution in [0.4, 0.5) is 0 Å². The number of alkyl halides is 1. The Labute approximate surface area is 106 Å². The van der Waals surface area contributed by atoms with Crippen LogP contribution in [-0.2, 0) is 13.5 Å². The van der Waals surface area contributed by atoms with Crippen molar-refractivity contribution in [1.82, 2.24) is 14.5 Å². The van der Waals surface area contributed by atoms with Crippen molar-refractivity contribution in [3.05, 3.63) is 18.2 Å². The number of piperidine rings is 1. The van der Waals surface area contributed by atoms with Crippen LogP contribution >= 0.6 is 15.9 Å². The van der Waals surface area contributed by atoms with Crippen molar-refractivity contribution in [2.75, 3.05) is 25.0 Å². The molecule has 90 valence electrons. The first-order valence-corrected chi connectivity index (χ1v) is 7.16. The predicted octanol–water partition coefficient (Wildman–Crippen LogP) is 2.07. The number of nitrogens with zero attached hydrogens (tertiary/aromatic N) is 3. The minimum atomic E-state index is 0.893. The third-order valence-electron chi connectivity index (χ3n) is 3.50. The normalized spacial score (nSPS) is 19.1. The van der Waals surface area contributed by atoms with E-state index in [4.69, 9.17) is 0 Å². The quantitative estimate of drug-likeness (QED) is 0.790. The van der Waals surface area contributed by atoms with Gasteiger partial charge in [0.15, 0.2) is 0 Å². The molecule has 1 saturated heterocycles. The summed E-state index contributed by atoms with van der Waals surface area (Å²) in [6.45, 7) is 3.65. The molecule has 0 amide bonds. The minimum absolute atomic E-state index is 0.893. The predicted molar refractivity (Wildman–Crippen MR) is 69.9 cm³/mol. The van der Waals surface area contributed by atoms with E-state index in [1.54, 1.807) is 0 Å². The molecule has 0 N–H and O–H groups in total. The van der Waals surface area contributed by atoms with E-state index in [1.807, 2.05) is 12.4 Å². The van der Waals surface area contributed by atoms with Gasteiger partial charge in [0.05, 0.1) is 0 Å². The highest BCUT2D eigenvalue weighted by molar-refractivity contribution is 9.09. The van der Waals surface area contributed by atoms with Crippen LogP contribution in [0, 0.1) is 5.92 Å². The number of imidazole rings is 1. The molecule has 3 nitrogen and oxygen atoms in total. The molecule has 4 heteroatoms. The lowest BCUT2D eigenvalue weighted by Crippen LogP contribution is -2.35. The molecular weight excluding hydrogens is 266 g/mol. The summed E-state index contributed by atoms with van der Waals surface area (Å²) in [5.41, 5.74) is 0. The van der Waals surface area contributed by atoms with Gasteiger partial charge in [-0.2, -0.15) is 0 Å². The zero-order valence-corrected chi connectivity index (χ0v) is 11.5. The van der Waals surface area contributed by atoms with Gasteiger partial charge in [-0.05, 0) is 31.8 Å². The highest BCUT2D eigenvalue weighted by atomic mass is 79.9. The fraction of sp³-hybridized carbons (Fsp3) is 0.750. The molecule has 16 heavy (non-hydrogen) atoms. The molecule has 0 radical (unpaired) electrons. The van der Waals surface area contributed by atoms with E-state index in [2.05, 4.69) is 37.4 Å². The molecule has 0 saturated carbocycles. The number of halogens is 1. The van der Waals surface area contributed by atoms with Crippen molar-refractivity contribution < 1.29 is 0 Å². The van der Waals surface area contributed by atoms with Crippen molar-refractivity contribution in [3.63, 3.8) is 0 Å². The maximum absolute atomic E-state index is 4.36. The molecule has 0 unspecified atom stereocenters. The van der Waals surface area contributed by atoms with Gasteiger partial charge in [-0.1, -0.05) is 15.9 Å². The van der Waals surface area contributed by atoms with Gasteiger partial charge < -0.3 is 9.47 Å². The lowest BCUT2D eigenvalue weighted by molar-refractivity contribution is 0.195. The van der Waals surface area contributed by atoms with Crippen molar-refractivity contribution in [2.45, 2.75) is 19.3 Å². The van der Waals surface area contributed by atoms with Gasteiger partial charge in [-0.15, -0.1) is 0 Å². The van der Waals surface area contributed by atoms with Crippen LogP contribution in [0.2, 0.25) is 0 Å². The van der Waals surface area contributed by atoms with Crippen molar-refractivity contribution >= 4 is 15.9 Å². The Hall–Kier alpha value is -0.350. The molecule has 2 heterocycles. The Bertz CT molecular complexity index is 316. The zero-order valence-electron chi connectivity index (χ0n) is 9.90. The summed E-state index contributed by atoms with van der Waals surface area (Å²) in [6, 6.07) is 0. The highest BCUT2D eigenvalue weighted by Gasteiger charge is 2.17. The zero-order chi connectivity index (χ0) is 11.4.